The first-order chi connectivity index (χ1) is 13.5. The lowest BCUT2D eigenvalue weighted by Gasteiger charge is -2.21. The average molecular weight is 418 g/mol. The third-order valence-electron chi connectivity index (χ3n) is 4.82. The van der Waals surface area contributed by atoms with E-state index in [1.54, 1.807) is 35.1 Å². The van der Waals surface area contributed by atoms with Crippen LogP contribution in [0, 0.1) is 0 Å². The van der Waals surface area contributed by atoms with E-state index in [2.05, 4.69) is 4.98 Å². The first-order valence-electron chi connectivity index (χ1n) is 9.21. The first kappa shape index (κ1) is 19.1. The number of aromatic nitrogens is 2. The van der Waals surface area contributed by atoms with Crippen molar-refractivity contribution in [2.24, 2.45) is 0 Å². The molecule has 1 saturated heterocycles. The van der Waals surface area contributed by atoms with E-state index in [4.69, 9.17) is 16.0 Å². The molecule has 1 fully saturated rings. The predicted molar refractivity (Wildman–Crippen MR) is 110 cm³/mol. The van der Waals surface area contributed by atoms with Crippen molar-refractivity contribution >= 4 is 40.2 Å². The lowest BCUT2D eigenvalue weighted by Crippen LogP contribution is -2.34. The number of rotatable bonds is 5. The van der Waals surface area contributed by atoms with Crippen LogP contribution in [0.3, 0.4) is 0 Å². The summed E-state index contributed by atoms with van der Waals surface area (Å²) >= 11 is 7.39. The molecule has 2 aromatic heterocycles. The Kier molecular flexibility index (Phi) is 5.46. The van der Waals surface area contributed by atoms with E-state index in [-0.39, 0.29) is 23.3 Å². The van der Waals surface area contributed by atoms with Gasteiger partial charge in [-0.1, -0.05) is 23.4 Å². The fourth-order valence-corrected chi connectivity index (χ4v) is 4.52. The Morgan fingerprint density at radius 1 is 1.32 bits per heavy atom. The highest BCUT2D eigenvalue weighted by Crippen LogP contribution is 2.26. The summed E-state index contributed by atoms with van der Waals surface area (Å²) in [6, 6.07) is 8.62. The molecule has 6 nitrogen and oxygen atoms in total. The molecule has 1 atom stereocenters. The molecule has 1 unspecified atom stereocenters. The molecule has 3 aromatic rings. The Balaban J connectivity index is 1.73. The molecule has 4 rings (SSSR count). The molecule has 1 aliphatic heterocycles. The van der Waals surface area contributed by atoms with Gasteiger partial charge in [-0.25, -0.2) is 4.98 Å². The van der Waals surface area contributed by atoms with Gasteiger partial charge in [0.15, 0.2) is 5.16 Å². The zero-order chi connectivity index (χ0) is 19.7. The van der Waals surface area contributed by atoms with Crippen molar-refractivity contribution in [2.45, 2.75) is 36.7 Å². The minimum atomic E-state index is -0.343. The maximum absolute atomic E-state index is 13.1. The van der Waals surface area contributed by atoms with E-state index < -0.39 is 0 Å². The predicted octanol–water partition coefficient (Wildman–Crippen LogP) is 3.79. The van der Waals surface area contributed by atoms with Crippen molar-refractivity contribution in [2.75, 3.05) is 13.1 Å². The minimum Gasteiger partial charge on any atom is -0.467 e. The van der Waals surface area contributed by atoms with E-state index in [1.807, 2.05) is 17.9 Å². The fourth-order valence-electron chi connectivity index (χ4n) is 3.36. The molecule has 1 aromatic carbocycles. The number of fused-ring (bicyclic) bond motifs is 1. The highest BCUT2D eigenvalue weighted by atomic mass is 35.5. The van der Waals surface area contributed by atoms with Crippen molar-refractivity contribution < 1.29 is 9.21 Å². The molecule has 28 heavy (non-hydrogen) atoms. The minimum absolute atomic E-state index is 0.0764. The van der Waals surface area contributed by atoms with Crippen molar-refractivity contribution in [1.82, 2.24) is 14.5 Å². The number of thioether (sulfide) groups is 1. The van der Waals surface area contributed by atoms with E-state index in [0.29, 0.717) is 26.8 Å². The third kappa shape index (κ3) is 3.82. The van der Waals surface area contributed by atoms with Crippen LogP contribution in [-0.2, 0) is 11.3 Å². The van der Waals surface area contributed by atoms with Gasteiger partial charge >= 0.3 is 0 Å². The lowest BCUT2D eigenvalue weighted by molar-refractivity contribution is -0.129. The molecular weight excluding hydrogens is 398 g/mol. The van der Waals surface area contributed by atoms with Gasteiger partial charge in [0.25, 0.3) is 5.56 Å². The van der Waals surface area contributed by atoms with Crippen LogP contribution in [0.4, 0.5) is 0 Å². The summed E-state index contributed by atoms with van der Waals surface area (Å²) in [6.45, 7) is 3.70. The highest BCUT2D eigenvalue weighted by Gasteiger charge is 2.26. The van der Waals surface area contributed by atoms with Gasteiger partial charge in [-0.15, -0.1) is 0 Å². The summed E-state index contributed by atoms with van der Waals surface area (Å²) in [5.41, 5.74) is 0.345. The summed E-state index contributed by atoms with van der Waals surface area (Å²) < 4.78 is 6.98. The van der Waals surface area contributed by atoms with Crippen LogP contribution in [0.25, 0.3) is 10.9 Å². The monoisotopic (exact) mass is 417 g/mol. The van der Waals surface area contributed by atoms with Crippen LogP contribution < -0.4 is 5.56 Å². The Hall–Kier alpha value is -2.25. The summed E-state index contributed by atoms with van der Waals surface area (Å²) in [4.78, 5) is 32.4. The van der Waals surface area contributed by atoms with Crippen molar-refractivity contribution in [3.05, 3.63) is 57.7 Å². The topological polar surface area (TPSA) is 68.3 Å². The average Bonchev–Trinajstić information content (AvgIpc) is 3.38. The maximum atomic E-state index is 13.1. The second-order valence-corrected chi connectivity index (χ2v) is 8.56. The Labute approximate surface area is 171 Å². The van der Waals surface area contributed by atoms with E-state index in [9.17, 15) is 9.59 Å². The summed E-state index contributed by atoms with van der Waals surface area (Å²) in [7, 11) is 0. The molecule has 1 amide bonds. The van der Waals surface area contributed by atoms with Gasteiger partial charge in [0.1, 0.15) is 5.76 Å². The Morgan fingerprint density at radius 3 is 2.82 bits per heavy atom. The lowest BCUT2D eigenvalue weighted by atomic mass is 10.2. The molecule has 0 spiro atoms. The van der Waals surface area contributed by atoms with Gasteiger partial charge in [-0.3, -0.25) is 14.2 Å². The van der Waals surface area contributed by atoms with E-state index in [0.717, 1.165) is 25.9 Å². The number of amides is 1. The summed E-state index contributed by atoms with van der Waals surface area (Å²) in [5, 5.41) is 1.14. The normalized spacial score (nSPS) is 15.3. The van der Waals surface area contributed by atoms with Gasteiger partial charge in [0.05, 0.1) is 29.0 Å². The van der Waals surface area contributed by atoms with Crippen molar-refractivity contribution in [3.63, 3.8) is 0 Å². The fraction of sp³-hybridized carbons (Fsp3) is 0.350. The van der Waals surface area contributed by atoms with Gasteiger partial charge in [-0.05, 0) is 50.1 Å². The number of furan rings is 1. The van der Waals surface area contributed by atoms with Crippen molar-refractivity contribution in [1.29, 1.82) is 0 Å². The van der Waals surface area contributed by atoms with Crippen molar-refractivity contribution in [3.8, 4) is 0 Å². The number of hydrogen-bond acceptors (Lipinski definition) is 5. The molecule has 0 aliphatic carbocycles. The molecule has 0 bridgehead atoms. The molecule has 0 radical (unpaired) electrons. The van der Waals surface area contributed by atoms with Gasteiger partial charge in [0.2, 0.25) is 5.91 Å². The summed E-state index contributed by atoms with van der Waals surface area (Å²) in [5.74, 6) is 0.727. The van der Waals surface area contributed by atoms with Crippen LogP contribution in [0.1, 0.15) is 25.5 Å². The largest absolute Gasteiger partial charge is 0.467 e. The number of benzene rings is 1. The molecule has 146 valence electrons. The maximum Gasteiger partial charge on any atom is 0.262 e. The smallest absolute Gasteiger partial charge is 0.262 e. The molecule has 8 heteroatoms. The quantitative estimate of drug-likeness (QED) is 0.466. The van der Waals surface area contributed by atoms with Crippen LogP contribution in [0.5, 0.6) is 0 Å². The number of halogens is 1. The van der Waals surface area contributed by atoms with Crippen LogP contribution in [-0.4, -0.2) is 38.7 Å². The van der Waals surface area contributed by atoms with Gasteiger partial charge < -0.3 is 9.32 Å². The highest BCUT2D eigenvalue weighted by molar-refractivity contribution is 8.00. The van der Waals surface area contributed by atoms with Crippen LogP contribution in [0.2, 0.25) is 5.02 Å². The van der Waals surface area contributed by atoms with E-state index >= 15 is 0 Å². The number of nitrogens with zero attached hydrogens (tertiary/aromatic N) is 3. The number of carbonyl (C=O) groups excluding carboxylic acids is 1. The van der Waals surface area contributed by atoms with Crippen LogP contribution >= 0.6 is 23.4 Å². The number of likely N-dealkylation sites (tertiary alicyclic amines) is 1. The molecule has 3 heterocycles. The second kappa shape index (κ2) is 8.01. The Morgan fingerprint density at radius 2 is 2.11 bits per heavy atom. The van der Waals surface area contributed by atoms with Gasteiger partial charge in [-0.2, -0.15) is 0 Å². The van der Waals surface area contributed by atoms with E-state index in [1.165, 1.54) is 11.8 Å². The van der Waals surface area contributed by atoms with Gasteiger partial charge in [0, 0.05) is 18.1 Å². The number of carbonyl (C=O) groups is 1. The second-order valence-electron chi connectivity index (χ2n) is 6.82. The summed E-state index contributed by atoms with van der Waals surface area (Å²) in [6.07, 6.45) is 3.65. The third-order valence-corrected chi connectivity index (χ3v) is 6.14. The zero-order valence-electron chi connectivity index (χ0n) is 15.4. The molecule has 0 N–H and O–H groups in total. The molecular formula is C20H20ClN3O3S. The Bertz CT molecular complexity index is 1060. The number of hydrogen-bond donors (Lipinski definition) is 0. The molecule has 0 saturated carbocycles. The zero-order valence-corrected chi connectivity index (χ0v) is 17.0. The SMILES string of the molecule is CC(Sc1nc2cc(Cl)ccc2c(=O)n1Cc1ccco1)C(=O)N1CCCC1. The van der Waals surface area contributed by atoms with Crippen LogP contribution in [0.15, 0.2) is 51.0 Å². The first-order valence-corrected chi connectivity index (χ1v) is 10.5. The molecule has 1 aliphatic rings. The standard InChI is InChI=1S/C20H20ClN3O3S/c1-13(18(25)23-8-2-3-9-23)28-20-22-17-11-14(21)6-7-16(17)19(26)24(20)12-15-5-4-10-27-15/h4-7,10-11,13H,2-3,8-9,12H2,1H3.